The minimum absolute atomic E-state index is 0.0614. The zero-order chi connectivity index (χ0) is 8.97. The Hall–Kier alpha value is -0.300. The van der Waals surface area contributed by atoms with Gasteiger partial charge in [0.15, 0.2) is 0 Å². The molecule has 3 heteroatoms. The fourth-order valence-electron chi connectivity index (χ4n) is 0.929. The number of halogens is 1. The van der Waals surface area contributed by atoms with Gasteiger partial charge in [0.25, 0.3) is 0 Å². The molecular weight excluding hydrogens is 234 g/mol. The quantitative estimate of drug-likeness (QED) is 0.806. The van der Waals surface area contributed by atoms with Gasteiger partial charge in [-0.15, -0.1) is 17.8 Å². The molecule has 1 rings (SSSR count). The van der Waals surface area contributed by atoms with Gasteiger partial charge in [0.2, 0.25) is 0 Å². The van der Waals surface area contributed by atoms with E-state index in [0.717, 1.165) is 10.3 Å². The topological polar surface area (TPSA) is 12.0 Å². The maximum absolute atomic E-state index is 5.38. The summed E-state index contributed by atoms with van der Waals surface area (Å²) in [6.07, 6.45) is 5.38. The lowest BCUT2D eigenvalue weighted by molar-refractivity contribution is 0.674. The summed E-state index contributed by atoms with van der Waals surface area (Å²) in [5.41, 5.74) is 0. The zero-order valence-corrected chi connectivity index (χ0v) is 9.21. The van der Waals surface area contributed by atoms with Crippen molar-refractivity contribution in [2.75, 3.05) is 6.54 Å². The lowest BCUT2D eigenvalue weighted by Crippen LogP contribution is -2.17. The first kappa shape index (κ1) is 9.79. The van der Waals surface area contributed by atoms with Crippen molar-refractivity contribution < 1.29 is 0 Å². The lowest BCUT2D eigenvalue weighted by atomic mass is 10.2. The fourth-order valence-corrected chi connectivity index (χ4v) is 2.39. The van der Waals surface area contributed by atoms with Gasteiger partial charge in [-0.05, 0) is 34.6 Å². The highest BCUT2D eigenvalue weighted by atomic mass is 79.9. The highest BCUT2D eigenvalue weighted by molar-refractivity contribution is 9.11. The van der Waals surface area contributed by atoms with Crippen molar-refractivity contribution in [3.8, 4) is 12.3 Å². The summed E-state index contributed by atoms with van der Waals surface area (Å²) in [5, 5.41) is 3.22. The van der Waals surface area contributed by atoms with Crippen LogP contribution < -0.4 is 5.32 Å². The summed E-state index contributed by atoms with van der Waals surface area (Å²) in [6.45, 7) is 2.94. The molecule has 0 aliphatic carbocycles. The molecule has 0 radical (unpaired) electrons. The van der Waals surface area contributed by atoms with Gasteiger partial charge in [0.05, 0.1) is 3.79 Å². The summed E-state index contributed by atoms with van der Waals surface area (Å²) in [5.74, 6) is 2.71. The molecule has 1 nitrogen and oxygen atoms in total. The van der Waals surface area contributed by atoms with E-state index < -0.39 is 0 Å². The number of nitrogens with one attached hydrogen (secondary N) is 1. The number of hydrogen-bond donors (Lipinski definition) is 1. The van der Waals surface area contributed by atoms with E-state index in [2.05, 4.69) is 27.2 Å². The molecule has 0 bridgehead atoms. The van der Waals surface area contributed by atoms with Crippen molar-refractivity contribution in [1.29, 1.82) is 0 Å². The summed E-state index contributed by atoms with van der Waals surface area (Å²) in [7, 11) is 0. The van der Waals surface area contributed by atoms with Gasteiger partial charge in [-0.3, -0.25) is 5.32 Å². The molecule has 0 saturated carbocycles. The molecule has 0 amide bonds. The number of hydrogen-bond acceptors (Lipinski definition) is 2. The Labute approximate surface area is 85.3 Å². The standard InChI is InChI=1S/C9H10BrNS/c1-3-7(11-4-2)8-5-6-9(10)12-8/h1,5-7,11H,4H2,2H3. The van der Waals surface area contributed by atoms with Crippen LogP contribution in [0.15, 0.2) is 15.9 Å². The van der Waals surface area contributed by atoms with Crippen molar-refractivity contribution >= 4 is 27.3 Å². The van der Waals surface area contributed by atoms with Crippen LogP contribution in [-0.4, -0.2) is 6.54 Å². The predicted molar refractivity (Wildman–Crippen MR) is 57.3 cm³/mol. The van der Waals surface area contributed by atoms with Gasteiger partial charge in [0, 0.05) is 4.88 Å². The maximum Gasteiger partial charge on any atom is 0.104 e. The average molecular weight is 244 g/mol. The normalized spacial score (nSPS) is 12.4. The Morgan fingerprint density at radius 1 is 1.75 bits per heavy atom. The van der Waals surface area contributed by atoms with Crippen LogP contribution in [0, 0.1) is 12.3 Å². The molecule has 0 saturated heterocycles. The summed E-state index contributed by atoms with van der Waals surface area (Å²) in [6, 6.07) is 4.12. The van der Waals surface area contributed by atoms with Crippen LogP contribution in [0.1, 0.15) is 17.8 Å². The van der Waals surface area contributed by atoms with Crippen LogP contribution >= 0.6 is 27.3 Å². The summed E-state index contributed by atoms with van der Waals surface area (Å²) >= 11 is 5.07. The van der Waals surface area contributed by atoms with Crippen LogP contribution in [0.2, 0.25) is 0 Å². The highest BCUT2D eigenvalue weighted by Gasteiger charge is 2.07. The van der Waals surface area contributed by atoms with Crippen molar-refractivity contribution in [1.82, 2.24) is 5.32 Å². The van der Waals surface area contributed by atoms with E-state index in [1.165, 1.54) is 4.88 Å². The van der Waals surface area contributed by atoms with Crippen LogP contribution in [0.25, 0.3) is 0 Å². The number of terminal acetylenes is 1. The van der Waals surface area contributed by atoms with Crippen molar-refractivity contribution in [2.45, 2.75) is 13.0 Å². The Morgan fingerprint density at radius 2 is 2.50 bits per heavy atom. The van der Waals surface area contributed by atoms with E-state index in [1.54, 1.807) is 11.3 Å². The van der Waals surface area contributed by atoms with Crippen LogP contribution in [0.4, 0.5) is 0 Å². The second kappa shape index (κ2) is 4.66. The van der Waals surface area contributed by atoms with Gasteiger partial charge < -0.3 is 0 Å². The van der Waals surface area contributed by atoms with Crippen molar-refractivity contribution in [2.24, 2.45) is 0 Å². The zero-order valence-electron chi connectivity index (χ0n) is 6.80. The molecule has 0 aliphatic rings. The van der Waals surface area contributed by atoms with Gasteiger partial charge in [0.1, 0.15) is 6.04 Å². The molecule has 12 heavy (non-hydrogen) atoms. The average Bonchev–Trinajstić information content (AvgIpc) is 2.47. The van der Waals surface area contributed by atoms with Gasteiger partial charge in [-0.25, -0.2) is 0 Å². The molecule has 0 aliphatic heterocycles. The third-order valence-electron chi connectivity index (χ3n) is 1.45. The minimum Gasteiger partial charge on any atom is -0.300 e. The molecule has 1 heterocycles. The molecular formula is C9H10BrNS. The second-order valence-electron chi connectivity index (χ2n) is 2.30. The van der Waals surface area contributed by atoms with Crippen molar-refractivity contribution in [3.05, 3.63) is 20.8 Å². The largest absolute Gasteiger partial charge is 0.300 e. The number of rotatable bonds is 3. The third-order valence-corrected chi connectivity index (χ3v) is 3.14. The number of thiophene rings is 1. The highest BCUT2D eigenvalue weighted by Crippen LogP contribution is 2.26. The van der Waals surface area contributed by atoms with E-state index in [0.29, 0.717) is 0 Å². The summed E-state index contributed by atoms with van der Waals surface area (Å²) < 4.78 is 1.12. The Bertz CT molecular complexity index is 287. The van der Waals surface area contributed by atoms with E-state index in [-0.39, 0.29) is 6.04 Å². The molecule has 0 spiro atoms. The van der Waals surface area contributed by atoms with E-state index in [1.807, 2.05) is 19.1 Å². The second-order valence-corrected chi connectivity index (χ2v) is 4.79. The Kier molecular flexibility index (Phi) is 3.80. The van der Waals surface area contributed by atoms with Gasteiger partial charge in [-0.1, -0.05) is 12.8 Å². The van der Waals surface area contributed by atoms with E-state index in [9.17, 15) is 0 Å². The Morgan fingerprint density at radius 3 is 2.92 bits per heavy atom. The van der Waals surface area contributed by atoms with Crippen LogP contribution in [0.5, 0.6) is 0 Å². The van der Waals surface area contributed by atoms with Crippen LogP contribution in [-0.2, 0) is 0 Å². The van der Waals surface area contributed by atoms with E-state index >= 15 is 0 Å². The lowest BCUT2D eigenvalue weighted by Gasteiger charge is -2.07. The predicted octanol–water partition coefficient (Wildman–Crippen LogP) is 2.79. The van der Waals surface area contributed by atoms with E-state index in [4.69, 9.17) is 6.42 Å². The first-order valence-electron chi connectivity index (χ1n) is 3.72. The molecule has 1 unspecified atom stereocenters. The molecule has 1 N–H and O–H groups in total. The molecule has 1 aromatic rings. The smallest absolute Gasteiger partial charge is 0.104 e. The van der Waals surface area contributed by atoms with Crippen LogP contribution in [0.3, 0.4) is 0 Å². The first-order valence-corrected chi connectivity index (χ1v) is 5.33. The van der Waals surface area contributed by atoms with Crippen molar-refractivity contribution in [3.63, 3.8) is 0 Å². The third kappa shape index (κ3) is 2.34. The monoisotopic (exact) mass is 243 g/mol. The first-order chi connectivity index (χ1) is 5.77. The molecule has 0 fully saturated rings. The molecule has 64 valence electrons. The van der Waals surface area contributed by atoms with Gasteiger partial charge in [-0.2, -0.15) is 0 Å². The molecule has 0 aromatic carbocycles. The summed E-state index contributed by atoms with van der Waals surface area (Å²) in [4.78, 5) is 1.19. The molecule has 1 aromatic heterocycles. The van der Waals surface area contributed by atoms with Gasteiger partial charge >= 0.3 is 0 Å². The molecule has 1 atom stereocenters. The SMILES string of the molecule is C#CC(NCC)c1ccc(Br)s1. The maximum atomic E-state index is 5.38. The minimum atomic E-state index is 0.0614. The fraction of sp³-hybridized carbons (Fsp3) is 0.333. The Balaban J connectivity index is 2.74.